The lowest BCUT2D eigenvalue weighted by molar-refractivity contribution is 0.388. The molecule has 0 radical (unpaired) electrons. The minimum Gasteiger partial charge on any atom is -0.497 e. The Kier molecular flexibility index (Phi) is 4.76. The van der Waals surface area contributed by atoms with E-state index in [-0.39, 0.29) is 5.92 Å². The monoisotopic (exact) mass is 324 g/mol. The summed E-state index contributed by atoms with van der Waals surface area (Å²) < 4.78 is 10.9. The molecule has 3 rings (SSSR count). The second-order valence-electron chi connectivity index (χ2n) is 6.02. The van der Waals surface area contributed by atoms with Gasteiger partial charge in [-0.3, -0.25) is 0 Å². The van der Waals surface area contributed by atoms with E-state index in [2.05, 4.69) is 42.2 Å². The Bertz CT molecular complexity index is 839. The minimum atomic E-state index is 0.184. The molecule has 1 aromatic heterocycles. The van der Waals surface area contributed by atoms with Crippen molar-refractivity contribution in [2.45, 2.75) is 19.3 Å². The molecule has 0 saturated carbocycles. The van der Waals surface area contributed by atoms with Gasteiger partial charge in [-0.05, 0) is 43.1 Å². The molecule has 0 spiro atoms. The first-order valence-corrected chi connectivity index (χ1v) is 8.16. The van der Waals surface area contributed by atoms with Crippen LogP contribution >= 0.6 is 0 Å². The van der Waals surface area contributed by atoms with Crippen LogP contribution in [-0.2, 0) is 6.42 Å². The molecule has 0 aliphatic heterocycles. The van der Waals surface area contributed by atoms with Gasteiger partial charge in [0.05, 0.1) is 14.2 Å². The lowest BCUT2D eigenvalue weighted by Crippen LogP contribution is -2.16. The van der Waals surface area contributed by atoms with Gasteiger partial charge in [0.1, 0.15) is 11.5 Å². The van der Waals surface area contributed by atoms with Crippen LogP contribution in [0.1, 0.15) is 22.7 Å². The molecule has 0 fully saturated rings. The molecule has 4 heteroatoms. The van der Waals surface area contributed by atoms with E-state index in [1.54, 1.807) is 14.2 Å². The van der Waals surface area contributed by atoms with Crippen LogP contribution in [0.2, 0.25) is 0 Å². The van der Waals surface area contributed by atoms with Crippen LogP contribution in [0.15, 0.2) is 42.5 Å². The Hall–Kier alpha value is -2.46. The van der Waals surface area contributed by atoms with Crippen LogP contribution in [0.3, 0.4) is 0 Å². The topological polar surface area (TPSA) is 60.3 Å². The molecule has 24 heavy (non-hydrogen) atoms. The van der Waals surface area contributed by atoms with E-state index in [9.17, 15) is 0 Å². The number of nitrogens with two attached hydrogens (primary N) is 1. The highest BCUT2D eigenvalue weighted by Crippen LogP contribution is 2.34. The van der Waals surface area contributed by atoms with Crippen LogP contribution in [0.4, 0.5) is 0 Å². The first-order chi connectivity index (χ1) is 11.7. The van der Waals surface area contributed by atoms with Gasteiger partial charge in [-0.1, -0.05) is 24.3 Å². The quantitative estimate of drug-likeness (QED) is 0.725. The van der Waals surface area contributed by atoms with Gasteiger partial charge in [-0.25, -0.2) is 0 Å². The normalized spacial score (nSPS) is 12.3. The number of aromatic nitrogens is 1. The van der Waals surface area contributed by atoms with Crippen LogP contribution < -0.4 is 15.2 Å². The number of fused-ring (bicyclic) bond motifs is 1. The number of methoxy groups -OCH3 is 2. The van der Waals surface area contributed by atoms with Crippen molar-refractivity contribution in [3.63, 3.8) is 0 Å². The van der Waals surface area contributed by atoms with E-state index >= 15 is 0 Å². The Morgan fingerprint density at radius 2 is 1.88 bits per heavy atom. The fourth-order valence-corrected chi connectivity index (χ4v) is 3.32. The van der Waals surface area contributed by atoms with Crippen LogP contribution in [0.5, 0.6) is 11.5 Å². The molecular weight excluding hydrogens is 300 g/mol. The third-order valence-corrected chi connectivity index (χ3v) is 4.64. The smallest absolute Gasteiger partial charge is 0.126 e. The van der Waals surface area contributed by atoms with Crippen molar-refractivity contribution >= 4 is 10.9 Å². The number of hydrogen-bond acceptors (Lipinski definition) is 3. The highest BCUT2D eigenvalue weighted by molar-refractivity contribution is 5.84. The van der Waals surface area contributed by atoms with Gasteiger partial charge in [0.2, 0.25) is 0 Å². The van der Waals surface area contributed by atoms with Gasteiger partial charge in [0, 0.05) is 28.6 Å². The fraction of sp³-hybridized carbons (Fsp3) is 0.300. The summed E-state index contributed by atoms with van der Waals surface area (Å²) >= 11 is 0. The van der Waals surface area contributed by atoms with Crippen molar-refractivity contribution in [2.24, 2.45) is 5.73 Å². The minimum absolute atomic E-state index is 0.184. The zero-order valence-electron chi connectivity index (χ0n) is 14.4. The average molecular weight is 324 g/mol. The van der Waals surface area contributed by atoms with Crippen molar-refractivity contribution in [1.29, 1.82) is 0 Å². The molecule has 0 bridgehead atoms. The molecule has 4 nitrogen and oxygen atoms in total. The molecule has 0 amide bonds. The van der Waals surface area contributed by atoms with Gasteiger partial charge >= 0.3 is 0 Å². The number of rotatable bonds is 6. The SMILES string of the molecule is COc1ccc(C(CN)Cc2c(C)[nH]c3ccccc23)c(OC)c1. The Balaban J connectivity index is 1.99. The zero-order chi connectivity index (χ0) is 17.1. The highest BCUT2D eigenvalue weighted by atomic mass is 16.5. The molecule has 3 aromatic rings. The number of benzene rings is 2. The summed E-state index contributed by atoms with van der Waals surface area (Å²) in [5.41, 5.74) is 10.9. The number of aryl methyl sites for hydroxylation is 1. The number of ether oxygens (including phenoxy) is 2. The molecule has 0 aliphatic rings. The summed E-state index contributed by atoms with van der Waals surface area (Å²) in [5, 5.41) is 1.26. The number of H-pyrrole nitrogens is 1. The van der Waals surface area contributed by atoms with Crippen LogP contribution in [-0.4, -0.2) is 25.7 Å². The zero-order valence-corrected chi connectivity index (χ0v) is 14.4. The molecule has 1 unspecified atom stereocenters. The van der Waals surface area contributed by atoms with E-state index in [4.69, 9.17) is 15.2 Å². The van der Waals surface area contributed by atoms with Crippen molar-refractivity contribution in [3.05, 3.63) is 59.3 Å². The molecule has 1 heterocycles. The lowest BCUT2D eigenvalue weighted by Gasteiger charge is -2.19. The first kappa shape index (κ1) is 16.4. The highest BCUT2D eigenvalue weighted by Gasteiger charge is 2.19. The summed E-state index contributed by atoms with van der Waals surface area (Å²) in [6, 6.07) is 14.3. The molecule has 3 N–H and O–H groups in total. The van der Waals surface area contributed by atoms with Gasteiger partial charge in [0.15, 0.2) is 0 Å². The summed E-state index contributed by atoms with van der Waals surface area (Å²) in [4.78, 5) is 3.46. The van der Waals surface area contributed by atoms with Crippen molar-refractivity contribution < 1.29 is 9.47 Å². The maximum absolute atomic E-state index is 6.11. The van der Waals surface area contributed by atoms with E-state index in [1.165, 1.54) is 22.2 Å². The maximum Gasteiger partial charge on any atom is 0.126 e. The molecule has 2 aromatic carbocycles. The summed E-state index contributed by atoms with van der Waals surface area (Å²) in [7, 11) is 3.34. The largest absolute Gasteiger partial charge is 0.497 e. The van der Waals surface area contributed by atoms with E-state index in [1.807, 2.05) is 12.1 Å². The van der Waals surface area contributed by atoms with Crippen LogP contribution in [0, 0.1) is 6.92 Å². The first-order valence-electron chi connectivity index (χ1n) is 8.16. The molecular formula is C20H24N2O2. The third-order valence-electron chi connectivity index (χ3n) is 4.64. The second-order valence-corrected chi connectivity index (χ2v) is 6.02. The summed E-state index contributed by atoms with van der Waals surface area (Å²) in [5.74, 6) is 1.79. The number of nitrogens with one attached hydrogen (secondary N) is 1. The third kappa shape index (κ3) is 2.97. The predicted molar refractivity (Wildman–Crippen MR) is 98.1 cm³/mol. The van der Waals surface area contributed by atoms with Crippen LogP contribution in [0.25, 0.3) is 10.9 Å². The van der Waals surface area contributed by atoms with Gasteiger partial charge in [0.25, 0.3) is 0 Å². The van der Waals surface area contributed by atoms with Gasteiger partial charge in [-0.15, -0.1) is 0 Å². The van der Waals surface area contributed by atoms with Crippen molar-refractivity contribution in [2.75, 3.05) is 20.8 Å². The number of aromatic amines is 1. The number of hydrogen-bond donors (Lipinski definition) is 2. The summed E-state index contributed by atoms with van der Waals surface area (Å²) in [6.07, 6.45) is 0.870. The number of para-hydroxylation sites is 1. The Morgan fingerprint density at radius 3 is 2.58 bits per heavy atom. The molecule has 0 aliphatic carbocycles. The van der Waals surface area contributed by atoms with E-state index < -0.39 is 0 Å². The van der Waals surface area contributed by atoms with E-state index in [0.717, 1.165) is 23.5 Å². The maximum atomic E-state index is 6.11. The van der Waals surface area contributed by atoms with E-state index in [0.29, 0.717) is 6.54 Å². The summed E-state index contributed by atoms with van der Waals surface area (Å²) in [6.45, 7) is 2.68. The second kappa shape index (κ2) is 6.97. The molecule has 0 saturated heterocycles. The van der Waals surface area contributed by atoms with Gasteiger partial charge in [-0.2, -0.15) is 0 Å². The Labute approximate surface area is 142 Å². The Morgan fingerprint density at radius 1 is 1.08 bits per heavy atom. The predicted octanol–water partition coefficient (Wildman–Crippen LogP) is 3.78. The lowest BCUT2D eigenvalue weighted by atomic mass is 9.90. The van der Waals surface area contributed by atoms with Crippen molar-refractivity contribution in [3.8, 4) is 11.5 Å². The molecule has 1 atom stereocenters. The van der Waals surface area contributed by atoms with Crippen molar-refractivity contribution in [1.82, 2.24) is 4.98 Å². The molecule has 126 valence electrons. The standard InChI is InChI=1S/C20H24N2O2/c1-13-18(17-6-4-5-7-19(17)22-13)10-14(12-21)16-9-8-15(23-2)11-20(16)24-3/h4-9,11,14,22H,10,12,21H2,1-3H3. The average Bonchev–Trinajstić information content (AvgIpc) is 2.94. The van der Waals surface area contributed by atoms with Gasteiger partial charge < -0.3 is 20.2 Å². The fourth-order valence-electron chi connectivity index (χ4n) is 3.32.